The number of anilines is 1. The third-order valence-corrected chi connectivity index (χ3v) is 8.61. The number of aromatic nitrogens is 1. The Kier molecular flexibility index (Phi) is 7.08. The van der Waals surface area contributed by atoms with Crippen molar-refractivity contribution in [2.75, 3.05) is 50.9 Å². The van der Waals surface area contributed by atoms with Gasteiger partial charge in [0.25, 0.3) is 0 Å². The van der Waals surface area contributed by atoms with Crippen LogP contribution in [0.4, 0.5) is 5.69 Å². The number of para-hydroxylation sites is 1. The molecule has 3 aromatic rings. The number of ketones is 1. The molecule has 0 bridgehead atoms. The molecule has 2 aromatic carbocycles. The zero-order valence-corrected chi connectivity index (χ0v) is 20.8. The van der Waals surface area contributed by atoms with Crippen molar-refractivity contribution in [1.29, 1.82) is 0 Å². The first-order valence-corrected chi connectivity index (χ1v) is 13.6. The van der Waals surface area contributed by atoms with Gasteiger partial charge in [0, 0.05) is 48.8 Å². The first-order chi connectivity index (χ1) is 17.4. The van der Waals surface area contributed by atoms with Gasteiger partial charge in [0.2, 0.25) is 15.8 Å². The van der Waals surface area contributed by atoms with Crippen LogP contribution in [-0.4, -0.2) is 75.5 Å². The van der Waals surface area contributed by atoms with E-state index in [4.69, 9.17) is 9.47 Å². The maximum absolute atomic E-state index is 13.3. The number of esters is 1. The highest BCUT2D eigenvalue weighted by atomic mass is 32.2. The van der Waals surface area contributed by atoms with Gasteiger partial charge in [-0.1, -0.05) is 18.2 Å². The number of aromatic amines is 1. The minimum absolute atomic E-state index is 0.0278. The second kappa shape index (κ2) is 10.4. The molecule has 190 valence electrons. The number of nitrogens with zero attached hydrogens (tertiary/aromatic N) is 2. The molecule has 0 amide bonds. The average Bonchev–Trinajstić information content (AvgIpc) is 3.36. The third-order valence-electron chi connectivity index (χ3n) is 6.72. The Balaban J connectivity index is 1.41. The Bertz CT molecular complexity index is 1370. The molecule has 2 saturated heterocycles. The van der Waals surface area contributed by atoms with Crippen LogP contribution in [0.25, 0.3) is 10.9 Å². The molecule has 36 heavy (non-hydrogen) atoms. The average molecular weight is 512 g/mol. The first kappa shape index (κ1) is 24.5. The van der Waals surface area contributed by atoms with Crippen molar-refractivity contribution in [3.63, 3.8) is 0 Å². The summed E-state index contributed by atoms with van der Waals surface area (Å²) in [6, 6.07) is 12.0. The first-order valence-electron chi connectivity index (χ1n) is 12.2. The Morgan fingerprint density at radius 2 is 1.69 bits per heavy atom. The van der Waals surface area contributed by atoms with Gasteiger partial charge in [0.1, 0.15) is 0 Å². The highest BCUT2D eigenvalue weighted by Gasteiger charge is 2.29. The largest absolute Gasteiger partial charge is 0.454 e. The molecule has 2 aliphatic heterocycles. The summed E-state index contributed by atoms with van der Waals surface area (Å²) in [5, 5.41) is 0.756. The lowest BCUT2D eigenvalue weighted by Crippen LogP contribution is -2.40. The van der Waals surface area contributed by atoms with Gasteiger partial charge in [-0.3, -0.25) is 4.79 Å². The molecule has 0 aliphatic carbocycles. The molecule has 1 N–H and O–H groups in total. The number of hydrogen-bond acceptors (Lipinski definition) is 7. The van der Waals surface area contributed by atoms with Crippen molar-refractivity contribution < 1.29 is 27.5 Å². The Morgan fingerprint density at radius 1 is 0.944 bits per heavy atom. The van der Waals surface area contributed by atoms with E-state index in [0.29, 0.717) is 24.5 Å². The van der Waals surface area contributed by atoms with Crippen molar-refractivity contribution in [3.05, 3.63) is 59.8 Å². The molecule has 2 fully saturated rings. The van der Waals surface area contributed by atoms with Gasteiger partial charge in [-0.2, -0.15) is 4.31 Å². The van der Waals surface area contributed by atoms with E-state index in [1.54, 1.807) is 18.3 Å². The van der Waals surface area contributed by atoms with Gasteiger partial charge in [0.05, 0.1) is 29.4 Å². The fourth-order valence-electron chi connectivity index (χ4n) is 4.77. The van der Waals surface area contributed by atoms with Gasteiger partial charge in [-0.05, 0) is 43.5 Å². The number of ether oxygens (including phenoxy) is 2. The number of sulfonamides is 1. The second-order valence-electron chi connectivity index (χ2n) is 8.99. The normalized spacial score (nSPS) is 17.3. The van der Waals surface area contributed by atoms with Crippen LogP contribution in [0.2, 0.25) is 0 Å². The van der Waals surface area contributed by atoms with Crippen molar-refractivity contribution in [2.45, 2.75) is 24.2 Å². The van der Waals surface area contributed by atoms with Crippen LogP contribution in [0.5, 0.6) is 0 Å². The minimum Gasteiger partial charge on any atom is -0.454 e. The molecule has 0 radical (unpaired) electrons. The summed E-state index contributed by atoms with van der Waals surface area (Å²) in [4.78, 5) is 31.3. The Morgan fingerprint density at radius 3 is 2.47 bits per heavy atom. The summed E-state index contributed by atoms with van der Waals surface area (Å²) in [5.74, 6) is -1.06. The zero-order chi connectivity index (χ0) is 25.1. The van der Waals surface area contributed by atoms with E-state index < -0.39 is 22.6 Å². The lowest BCUT2D eigenvalue weighted by atomic mass is 10.1. The molecule has 0 saturated carbocycles. The quantitative estimate of drug-likeness (QED) is 0.383. The standard InChI is InChI=1S/C26H29N3O6S/c30-25(22-17-27-23-7-3-2-6-20(22)23)18-35-26(31)21-16-19(36(32,33)29-12-14-34-15-13-29)8-9-24(21)28-10-4-1-5-11-28/h2-3,6-9,16-17,27H,1,4-5,10-15,18H2. The van der Waals surface area contributed by atoms with Crippen molar-refractivity contribution in [1.82, 2.24) is 9.29 Å². The lowest BCUT2D eigenvalue weighted by molar-refractivity contribution is 0.0475. The SMILES string of the molecule is O=C(OCC(=O)c1c[nH]c2ccccc12)c1cc(S(=O)(=O)N2CCOCC2)ccc1N1CCCCC1. The molecule has 0 atom stereocenters. The number of rotatable bonds is 7. The lowest BCUT2D eigenvalue weighted by Gasteiger charge is -2.31. The molecule has 0 unspecified atom stereocenters. The number of carbonyl (C=O) groups is 2. The number of carbonyl (C=O) groups excluding carboxylic acids is 2. The molecule has 2 aliphatic rings. The van der Waals surface area contributed by atoms with E-state index in [9.17, 15) is 18.0 Å². The van der Waals surface area contributed by atoms with Crippen molar-refractivity contribution >= 4 is 38.4 Å². The van der Waals surface area contributed by atoms with Crippen LogP contribution in [0.3, 0.4) is 0 Å². The number of fused-ring (bicyclic) bond motifs is 1. The fourth-order valence-corrected chi connectivity index (χ4v) is 6.21. The van der Waals surface area contributed by atoms with E-state index in [1.165, 1.54) is 10.4 Å². The molecule has 3 heterocycles. The number of H-pyrrole nitrogens is 1. The number of hydrogen-bond donors (Lipinski definition) is 1. The maximum Gasteiger partial charge on any atom is 0.340 e. The molecule has 0 spiro atoms. The summed E-state index contributed by atoms with van der Waals surface area (Å²) in [5.41, 5.74) is 2.04. The van der Waals surface area contributed by atoms with Crippen LogP contribution < -0.4 is 4.90 Å². The van der Waals surface area contributed by atoms with Crippen molar-refractivity contribution in [3.8, 4) is 0 Å². The fraction of sp³-hybridized carbons (Fsp3) is 0.385. The molecule has 5 rings (SSSR count). The van der Waals surface area contributed by atoms with Crippen molar-refractivity contribution in [2.24, 2.45) is 0 Å². The zero-order valence-electron chi connectivity index (χ0n) is 19.9. The van der Waals surface area contributed by atoms with Crippen LogP contribution in [0.15, 0.2) is 53.6 Å². The van der Waals surface area contributed by atoms with Crippen LogP contribution >= 0.6 is 0 Å². The Hall–Kier alpha value is -3.21. The summed E-state index contributed by atoms with van der Waals surface area (Å²) in [7, 11) is -3.80. The Labute approximate surface area is 210 Å². The summed E-state index contributed by atoms with van der Waals surface area (Å²) < 4.78 is 38.6. The molecule has 1 aromatic heterocycles. The summed E-state index contributed by atoms with van der Waals surface area (Å²) in [6.45, 7) is 2.27. The summed E-state index contributed by atoms with van der Waals surface area (Å²) >= 11 is 0. The second-order valence-corrected chi connectivity index (χ2v) is 10.9. The van der Waals surface area contributed by atoms with E-state index in [-0.39, 0.29) is 29.3 Å². The van der Waals surface area contributed by atoms with E-state index >= 15 is 0 Å². The maximum atomic E-state index is 13.3. The number of morpholine rings is 1. The number of benzene rings is 2. The van der Waals surface area contributed by atoms with E-state index in [2.05, 4.69) is 9.88 Å². The monoisotopic (exact) mass is 511 g/mol. The predicted molar refractivity (Wildman–Crippen MR) is 135 cm³/mol. The molecule has 9 nitrogen and oxygen atoms in total. The highest BCUT2D eigenvalue weighted by Crippen LogP contribution is 2.29. The highest BCUT2D eigenvalue weighted by molar-refractivity contribution is 7.89. The van der Waals surface area contributed by atoms with Gasteiger partial charge in [-0.15, -0.1) is 0 Å². The number of nitrogens with one attached hydrogen (secondary N) is 1. The third kappa shape index (κ3) is 4.88. The number of piperidine rings is 1. The molecular formula is C26H29N3O6S. The predicted octanol–water partition coefficient (Wildman–Crippen LogP) is 3.22. The van der Waals surface area contributed by atoms with Crippen LogP contribution in [0, 0.1) is 0 Å². The van der Waals surface area contributed by atoms with Crippen LogP contribution in [-0.2, 0) is 19.5 Å². The minimum atomic E-state index is -3.80. The van der Waals surface area contributed by atoms with Gasteiger partial charge in [0.15, 0.2) is 6.61 Å². The van der Waals surface area contributed by atoms with E-state index in [0.717, 1.165) is 43.3 Å². The summed E-state index contributed by atoms with van der Waals surface area (Å²) in [6.07, 6.45) is 4.69. The smallest absolute Gasteiger partial charge is 0.340 e. The van der Waals surface area contributed by atoms with Gasteiger partial charge >= 0.3 is 5.97 Å². The van der Waals surface area contributed by atoms with E-state index in [1.807, 2.05) is 24.3 Å². The topological polar surface area (TPSA) is 109 Å². The number of Topliss-reactive ketones (excluding diaryl/α,β-unsaturated/α-hetero) is 1. The van der Waals surface area contributed by atoms with Gasteiger partial charge < -0.3 is 19.4 Å². The van der Waals surface area contributed by atoms with Crippen LogP contribution in [0.1, 0.15) is 40.0 Å². The van der Waals surface area contributed by atoms with Gasteiger partial charge in [-0.25, -0.2) is 13.2 Å². The molecular weight excluding hydrogens is 482 g/mol. The molecule has 10 heteroatoms.